The van der Waals surface area contributed by atoms with E-state index in [1.54, 1.807) is 23.1 Å². The molecule has 1 unspecified atom stereocenters. The lowest BCUT2D eigenvalue weighted by Crippen LogP contribution is -2.50. The van der Waals surface area contributed by atoms with E-state index in [-0.39, 0.29) is 18.4 Å². The summed E-state index contributed by atoms with van der Waals surface area (Å²) in [6.45, 7) is 6.60. The molecule has 2 aromatic rings. The van der Waals surface area contributed by atoms with Crippen molar-refractivity contribution in [1.29, 1.82) is 0 Å². The number of nitrogens with one attached hydrogen (secondary N) is 1. The third kappa shape index (κ3) is 6.74. The summed E-state index contributed by atoms with van der Waals surface area (Å²) in [6.07, 6.45) is 1.34. The van der Waals surface area contributed by atoms with Gasteiger partial charge in [0.2, 0.25) is 5.91 Å². The molecule has 1 N–H and O–H groups in total. The summed E-state index contributed by atoms with van der Waals surface area (Å²) in [6, 6.07) is 12.5. The summed E-state index contributed by atoms with van der Waals surface area (Å²) in [7, 11) is 0. The highest BCUT2D eigenvalue weighted by Gasteiger charge is 2.29. The minimum Gasteiger partial charge on any atom is -0.482 e. The normalized spacial score (nSPS) is 11.6. The second kappa shape index (κ2) is 12.0. The van der Waals surface area contributed by atoms with Crippen LogP contribution in [0.2, 0.25) is 5.02 Å². The largest absolute Gasteiger partial charge is 0.482 e. The van der Waals surface area contributed by atoms with E-state index in [4.69, 9.17) is 16.3 Å². The van der Waals surface area contributed by atoms with Crippen molar-refractivity contribution >= 4 is 39.3 Å². The van der Waals surface area contributed by atoms with Gasteiger partial charge in [-0.1, -0.05) is 65.6 Å². The summed E-state index contributed by atoms with van der Waals surface area (Å²) < 4.78 is 6.51. The molecule has 30 heavy (non-hydrogen) atoms. The number of aryl methyl sites for hydroxylation is 1. The fraction of sp³-hybridized carbons (Fsp3) is 0.391. The van der Waals surface area contributed by atoms with E-state index >= 15 is 0 Å². The number of hydrogen-bond acceptors (Lipinski definition) is 3. The van der Waals surface area contributed by atoms with Gasteiger partial charge in [0.15, 0.2) is 6.61 Å². The standard InChI is InChI=1S/C23H28BrClN2O3/c1-4-12-26-23(29)20(5-2)27(14-17-9-7-6-8-16(17)3)22(28)15-30-21-11-10-18(24)13-19(21)25/h6-11,13,20H,4-5,12,14-15H2,1-3H3,(H,26,29). The monoisotopic (exact) mass is 494 g/mol. The molecule has 0 radical (unpaired) electrons. The van der Waals surface area contributed by atoms with Crippen LogP contribution in [-0.4, -0.2) is 35.9 Å². The zero-order valence-corrected chi connectivity index (χ0v) is 19.9. The fourth-order valence-electron chi connectivity index (χ4n) is 3.07. The van der Waals surface area contributed by atoms with Crippen LogP contribution in [0.1, 0.15) is 37.8 Å². The number of amides is 2. The Bertz CT molecular complexity index is 875. The molecule has 2 amide bonds. The number of hydrogen-bond donors (Lipinski definition) is 1. The number of rotatable bonds is 10. The summed E-state index contributed by atoms with van der Waals surface area (Å²) in [5.74, 6) is 0.00577. The average Bonchev–Trinajstić information content (AvgIpc) is 2.72. The topological polar surface area (TPSA) is 58.6 Å². The van der Waals surface area contributed by atoms with Gasteiger partial charge in [-0.2, -0.15) is 0 Å². The van der Waals surface area contributed by atoms with E-state index in [9.17, 15) is 9.59 Å². The first kappa shape index (κ1) is 24.2. The summed E-state index contributed by atoms with van der Waals surface area (Å²) in [4.78, 5) is 27.5. The lowest BCUT2D eigenvalue weighted by Gasteiger charge is -2.31. The van der Waals surface area contributed by atoms with Crippen molar-refractivity contribution < 1.29 is 14.3 Å². The SMILES string of the molecule is CCCNC(=O)C(CC)N(Cc1ccccc1C)C(=O)COc1ccc(Br)cc1Cl. The van der Waals surface area contributed by atoms with Gasteiger partial charge in [-0.3, -0.25) is 9.59 Å². The number of ether oxygens (including phenoxy) is 1. The summed E-state index contributed by atoms with van der Waals surface area (Å²) >= 11 is 9.55. The van der Waals surface area contributed by atoms with Gasteiger partial charge in [0.25, 0.3) is 5.91 Å². The van der Waals surface area contributed by atoms with Gasteiger partial charge in [-0.15, -0.1) is 0 Å². The van der Waals surface area contributed by atoms with E-state index in [0.29, 0.717) is 30.3 Å². The Hall–Kier alpha value is -2.05. The molecule has 0 aliphatic rings. The van der Waals surface area contributed by atoms with E-state index < -0.39 is 6.04 Å². The van der Waals surface area contributed by atoms with Crippen LogP contribution in [0.3, 0.4) is 0 Å². The van der Waals surface area contributed by atoms with Crippen LogP contribution in [0.5, 0.6) is 5.75 Å². The first-order valence-electron chi connectivity index (χ1n) is 10.1. The van der Waals surface area contributed by atoms with Crippen LogP contribution in [0.4, 0.5) is 0 Å². The van der Waals surface area contributed by atoms with Crippen molar-refractivity contribution in [2.24, 2.45) is 0 Å². The van der Waals surface area contributed by atoms with Crippen LogP contribution in [0.25, 0.3) is 0 Å². The van der Waals surface area contributed by atoms with Gasteiger partial charge in [0.1, 0.15) is 11.8 Å². The lowest BCUT2D eigenvalue weighted by atomic mass is 10.1. The minimum absolute atomic E-state index is 0.150. The first-order valence-corrected chi connectivity index (χ1v) is 11.2. The van der Waals surface area contributed by atoms with E-state index in [1.165, 1.54) is 0 Å². The van der Waals surface area contributed by atoms with Crippen molar-refractivity contribution in [1.82, 2.24) is 10.2 Å². The quantitative estimate of drug-likeness (QED) is 0.497. The highest BCUT2D eigenvalue weighted by atomic mass is 79.9. The molecular weight excluding hydrogens is 468 g/mol. The van der Waals surface area contributed by atoms with Gasteiger partial charge < -0.3 is 15.0 Å². The Morgan fingerprint density at radius 3 is 2.57 bits per heavy atom. The third-order valence-electron chi connectivity index (χ3n) is 4.78. The number of benzene rings is 2. The molecule has 0 fully saturated rings. The lowest BCUT2D eigenvalue weighted by molar-refractivity contribution is -0.143. The van der Waals surface area contributed by atoms with E-state index in [0.717, 1.165) is 22.0 Å². The molecular formula is C23H28BrClN2O3. The Morgan fingerprint density at radius 1 is 1.20 bits per heavy atom. The van der Waals surface area contributed by atoms with Gasteiger partial charge >= 0.3 is 0 Å². The maximum Gasteiger partial charge on any atom is 0.261 e. The van der Waals surface area contributed by atoms with Crippen LogP contribution >= 0.6 is 27.5 Å². The third-order valence-corrected chi connectivity index (χ3v) is 5.57. The molecule has 0 aliphatic heterocycles. The molecule has 0 saturated carbocycles. The molecule has 5 nitrogen and oxygen atoms in total. The summed E-state index contributed by atoms with van der Waals surface area (Å²) in [5.41, 5.74) is 2.06. The van der Waals surface area contributed by atoms with Gasteiger partial charge in [0.05, 0.1) is 5.02 Å². The smallest absolute Gasteiger partial charge is 0.261 e. The predicted octanol–water partition coefficient (Wildman–Crippen LogP) is 5.12. The fourth-order valence-corrected chi connectivity index (χ4v) is 3.80. The van der Waals surface area contributed by atoms with Crippen LogP contribution in [0.15, 0.2) is 46.9 Å². The van der Waals surface area contributed by atoms with Crippen LogP contribution in [0, 0.1) is 6.92 Å². The van der Waals surface area contributed by atoms with Gasteiger partial charge in [-0.25, -0.2) is 0 Å². The molecule has 0 saturated heterocycles. The van der Waals surface area contributed by atoms with Crippen molar-refractivity contribution in [3.8, 4) is 5.75 Å². The Morgan fingerprint density at radius 2 is 1.93 bits per heavy atom. The molecule has 0 aliphatic carbocycles. The van der Waals surface area contributed by atoms with Crippen molar-refractivity contribution in [2.45, 2.75) is 46.2 Å². The molecule has 1 atom stereocenters. The number of nitrogens with zero attached hydrogens (tertiary/aromatic N) is 1. The number of carbonyl (C=O) groups excluding carboxylic acids is 2. The average molecular weight is 496 g/mol. The summed E-state index contributed by atoms with van der Waals surface area (Å²) in [5, 5.41) is 3.32. The second-order valence-corrected chi connectivity index (χ2v) is 8.35. The minimum atomic E-state index is -0.576. The van der Waals surface area contributed by atoms with Crippen LogP contribution in [-0.2, 0) is 16.1 Å². The molecule has 0 spiro atoms. The molecule has 162 valence electrons. The van der Waals surface area contributed by atoms with E-state index in [2.05, 4.69) is 21.2 Å². The maximum atomic E-state index is 13.2. The molecule has 0 bridgehead atoms. The number of carbonyl (C=O) groups is 2. The highest BCUT2D eigenvalue weighted by molar-refractivity contribution is 9.10. The Kier molecular flexibility index (Phi) is 9.66. The maximum absolute atomic E-state index is 13.2. The molecule has 2 rings (SSSR count). The molecule has 0 heterocycles. The van der Waals surface area contributed by atoms with Gasteiger partial charge in [0, 0.05) is 17.6 Å². The van der Waals surface area contributed by atoms with Gasteiger partial charge in [-0.05, 0) is 49.1 Å². The van der Waals surface area contributed by atoms with E-state index in [1.807, 2.05) is 45.0 Å². The zero-order valence-electron chi connectivity index (χ0n) is 17.6. The van der Waals surface area contributed by atoms with Crippen molar-refractivity contribution in [3.05, 3.63) is 63.1 Å². The molecule has 2 aromatic carbocycles. The second-order valence-electron chi connectivity index (χ2n) is 7.03. The zero-order chi connectivity index (χ0) is 22.1. The molecule has 0 aromatic heterocycles. The van der Waals surface area contributed by atoms with Crippen molar-refractivity contribution in [2.75, 3.05) is 13.2 Å². The number of halogens is 2. The molecule has 7 heteroatoms. The van der Waals surface area contributed by atoms with Crippen LogP contribution < -0.4 is 10.1 Å². The predicted molar refractivity (Wildman–Crippen MR) is 124 cm³/mol. The first-order chi connectivity index (χ1) is 14.4. The van der Waals surface area contributed by atoms with Crippen molar-refractivity contribution in [3.63, 3.8) is 0 Å². The Labute approximate surface area is 191 Å². The Balaban J connectivity index is 2.22. The highest BCUT2D eigenvalue weighted by Crippen LogP contribution is 2.28.